The second-order valence-corrected chi connectivity index (χ2v) is 5.87. The van der Waals surface area contributed by atoms with E-state index in [1.807, 2.05) is 55.6 Å². The standard InChI is InChI=1S/C16H16N8O/c1-9-8-10(2)24-16(17-9)19-13(22-24)15(25)18-11(3)14-21-20-12-6-4-5-7-23(12)14/h4-8,11H,1-3H3,(H,18,25). The zero-order chi connectivity index (χ0) is 17.6. The maximum absolute atomic E-state index is 12.5. The number of rotatable bonds is 3. The summed E-state index contributed by atoms with van der Waals surface area (Å²) in [7, 11) is 0. The topological polar surface area (TPSA) is 102 Å². The summed E-state index contributed by atoms with van der Waals surface area (Å²) in [4.78, 5) is 21.0. The summed E-state index contributed by atoms with van der Waals surface area (Å²) < 4.78 is 3.39. The summed E-state index contributed by atoms with van der Waals surface area (Å²) in [5.74, 6) is 0.727. The largest absolute Gasteiger partial charge is 0.339 e. The molecule has 1 amide bonds. The average molecular weight is 336 g/mol. The number of hydrogen-bond donors (Lipinski definition) is 1. The van der Waals surface area contributed by atoms with E-state index >= 15 is 0 Å². The van der Waals surface area contributed by atoms with Gasteiger partial charge in [0.05, 0.1) is 6.04 Å². The minimum absolute atomic E-state index is 0.0712. The first-order chi connectivity index (χ1) is 12.0. The first-order valence-electron chi connectivity index (χ1n) is 7.84. The number of fused-ring (bicyclic) bond motifs is 2. The van der Waals surface area contributed by atoms with Crippen LogP contribution in [0.25, 0.3) is 11.4 Å². The molecule has 0 saturated carbocycles. The van der Waals surface area contributed by atoms with Gasteiger partial charge in [-0.3, -0.25) is 9.20 Å². The van der Waals surface area contributed by atoms with Crippen molar-refractivity contribution in [3.8, 4) is 0 Å². The molecule has 0 fully saturated rings. The van der Waals surface area contributed by atoms with Crippen LogP contribution < -0.4 is 5.32 Å². The number of aryl methyl sites for hydroxylation is 2. The Kier molecular flexibility index (Phi) is 3.41. The molecule has 25 heavy (non-hydrogen) atoms. The molecule has 4 aromatic rings. The van der Waals surface area contributed by atoms with Gasteiger partial charge < -0.3 is 5.32 Å². The SMILES string of the molecule is Cc1cc(C)n2nc(C(=O)NC(C)c3nnc4ccccn34)nc2n1. The normalized spacial score (nSPS) is 12.6. The molecule has 9 nitrogen and oxygen atoms in total. The second-order valence-electron chi connectivity index (χ2n) is 5.87. The van der Waals surface area contributed by atoms with Gasteiger partial charge in [-0.25, -0.2) is 9.50 Å². The molecule has 0 aromatic carbocycles. The van der Waals surface area contributed by atoms with Gasteiger partial charge in [0.15, 0.2) is 11.5 Å². The number of carbonyl (C=O) groups excluding carboxylic acids is 1. The van der Waals surface area contributed by atoms with Crippen molar-refractivity contribution >= 4 is 17.3 Å². The van der Waals surface area contributed by atoms with E-state index in [9.17, 15) is 4.79 Å². The third-order valence-electron chi connectivity index (χ3n) is 3.90. The van der Waals surface area contributed by atoms with Crippen molar-refractivity contribution in [3.63, 3.8) is 0 Å². The lowest BCUT2D eigenvalue weighted by atomic mass is 10.3. The van der Waals surface area contributed by atoms with Crippen molar-refractivity contribution in [1.82, 2.24) is 39.5 Å². The third kappa shape index (κ3) is 2.59. The fraction of sp³-hybridized carbons (Fsp3) is 0.250. The Morgan fingerprint density at radius 2 is 2.04 bits per heavy atom. The lowest BCUT2D eigenvalue weighted by Gasteiger charge is -2.10. The fourth-order valence-corrected chi connectivity index (χ4v) is 2.74. The highest BCUT2D eigenvalue weighted by molar-refractivity contribution is 5.91. The van der Waals surface area contributed by atoms with Crippen LogP contribution in [0.1, 0.15) is 40.8 Å². The van der Waals surface area contributed by atoms with Gasteiger partial charge in [-0.1, -0.05) is 6.07 Å². The van der Waals surface area contributed by atoms with Crippen molar-refractivity contribution in [1.29, 1.82) is 0 Å². The van der Waals surface area contributed by atoms with E-state index in [-0.39, 0.29) is 17.8 Å². The zero-order valence-electron chi connectivity index (χ0n) is 14.0. The van der Waals surface area contributed by atoms with Gasteiger partial charge in [0.2, 0.25) is 5.82 Å². The maximum Gasteiger partial charge on any atom is 0.291 e. The Morgan fingerprint density at radius 3 is 2.88 bits per heavy atom. The van der Waals surface area contributed by atoms with Gasteiger partial charge in [-0.2, -0.15) is 4.98 Å². The minimum atomic E-state index is -0.386. The van der Waals surface area contributed by atoms with Crippen LogP contribution in [0.5, 0.6) is 0 Å². The molecule has 0 spiro atoms. The van der Waals surface area contributed by atoms with E-state index in [4.69, 9.17) is 0 Å². The van der Waals surface area contributed by atoms with E-state index in [2.05, 4.69) is 30.6 Å². The van der Waals surface area contributed by atoms with Crippen LogP contribution >= 0.6 is 0 Å². The van der Waals surface area contributed by atoms with Gasteiger partial charge >= 0.3 is 0 Å². The number of hydrogen-bond acceptors (Lipinski definition) is 6. The molecular weight excluding hydrogens is 320 g/mol. The van der Waals surface area contributed by atoms with E-state index in [0.29, 0.717) is 11.6 Å². The van der Waals surface area contributed by atoms with Crippen molar-refractivity contribution in [3.05, 3.63) is 53.5 Å². The molecule has 1 atom stereocenters. The van der Waals surface area contributed by atoms with Crippen molar-refractivity contribution in [2.45, 2.75) is 26.8 Å². The van der Waals surface area contributed by atoms with Gasteiger partial charge in [-0.05, 0) is 39.0 Å². The molecule has 0 aliphatic heterocycles. The van der Waals surface area contributed by atoms with Crippen LogP contribution in [0.2, 0.25) is 0 Å². The van der Waals surface area contributed by atoms with Crippen molar-refractivity contribution in [2.24, 2.45) is 0 Å². The molecular formula is C16H16N8O. The molecule has 1 unspecified atom stereocenters. The Balaban J connectivity index is 1.62. The van der Waals surface area contributed by atoms with Crippen molar-refractivity contribution < 1.29 is 4.79 Å². The molecule has 0 aliphatic carbocycles. The van der Waals surface area contributed by atoms with Gasteiger partial charge in [0.1, 0.15) is 0 Å². The number of nitrogens with one attached hydrogen (secondary N) is 1. The van der Waals surface area contributed by atoms with Gasteiger partial charge in [0, 0.05) is 17.6 Å². The number of carbonyl (C=O) groups is 1. The fourth-order valence-electron chi connectivity index (χ4n) is 2.74. The van der Waals surface area contributed by atoms with Crippen LogP contribution in [0.4, 0.5) is 0 Å². The van der Waals surface area contributed by atoms with Crippen LogP contribution in [0.15, 0.2) is 30.5 Å². The first-order valence-corrected chi connectivity index (χ1v) is 7.84. The molecule has 0 radical (unpaired) electrons. The van der Waals surface area contributed by atoms with Crippen LogP contribution in [-0.4, -0.2) is 40.1 Å². The maximum atomic E-state index is 12.5. The molecule has 1 N–H and O–H groups in total. The van der Waals surface area contributed by atoms with E-state index in [0.717, 1.165) is 17.0 Å². The first kappa shape index (κ1) is 15.2. The van der Waals surface area contributed by atoms with Crippen LogP contribution in [0, 0.1) is 13.8 Å². The zero-order valence-corrected chi connectivity index (χ0v) is 14.0. The summed E-state index contributed by atoms with van der Waals surface area (Å²) in [5, 5.41) is 15.3. The third-order valence-corrected chi connectivity index (χ3v) is 3.90. The lowest BCUT2D eigenvalue weighted by molar-refractivity contribution is 0.0928. The Bertz CT molecular complexity index is 1100. The highest BCUT2D eigenvalue weighted by Crippen LogP contribution is 2.12. The highest BCUT2D eigenvalue weighted by atomic mass is 16.2. The van der Waals surface area contributed by atoms with Crippen LogP contribution in [-0.2, 0) is 0 Å². The Hall–Kier alpha value is -3.36. The molecule has 4 heterocycles. The molecule has 0 bridgehead atoms. The minimum Gasteiger partial charge on any atom is -0.339 e. The molecule has 4 rings (SSSR count). The van der Waals surface area contributed by atoms with E-state index < -0.39 is 0 Å². The number of amides is 1. The summed E-state index contributed by atoms with van der Waals surface area (Å²) in [6.07, 6.45) is 1.85. The number of pyridine rings is 1. The quantitative estimate of drug-likeness (QED) is 0.604. The van der Waals surface area contributed by atoms with Crippen molar-refractivity contribution in [2.75, 3.05) is 0 Å². The van der Waals surface area contributed by atoms with Crippen LogP contribution in [0.3, 0.4) is 0 Å². The molecule has 126 valence electrons. The number of aromatic nitrogens is 7. The summed E-state index contributed by atoms with van der Waals surface area (Å²) >= 11 is 0. The summed E-state index contributed by atoms with van der Waals surface area (Å²) in [6, 6.07) is 7.15. The predicted octanol–water partition coefficient (Wildman–Crippen LogP) is 1.27. The molecule has 0 saturated heterocycles. The summed E-state index contributed by atoms with van der Waals surface area (Å²) in [6.45, 7) is 5.60. The smallest absolute Gasteiger partial charge is 0.291 e. The van der Waals surface area contributed by atoms with Gasteiger partial charge in [0.25, 0.3) is 11.7 Å². The van der Waals surface area contributed by atoms with E-state index in [1.54, 1.807) is 4.52 Å². The Morgan fingerprint density at radius 1 is 1.20 bits per heavy atom. The van der Waals surface area contributed by atoms with Gasteiger partial charge in [-0.15, -0.1) is 15.3 Å². The monoisotopic (exact) mass is 336 g/mol. The average Bonchev–Trinajstić information content (AvgIpc) is 3.18. The highest BCUT2D eigenvalue weighted by Gasteiger charge is 2.20. The van der Waals surface area contributed by atoms with E-state index in [1.165, 1.54) is 0 Å². The molecule has 0 aliphatic rings. The molecule has 9 heteroatoms. The predicted molar refractivity (Wildman–Crippen MR) is 89.1 cm³/mol. The number of nitrogens with zero attached hydrogens (tertiary/aromatic N) is 7. The lowest BCUT2D eigenvalue weighted by Crippen LogP contribution is -2.29. The Labute approximate surface area is 142 Å². The second kappa shape index (κ2) is 5.62. The molecule has 4 aromatic heterocycles. The summed E-state index contributed by atoms with van der Waals surface area (Å²) in [5.41, 5.74) is 2.41.